The largest absolute Gasteiger partial charge is 0.372 e. The van der Waals surface area contributed by atoms with Crippen LogP contribution in [0.25, 0.3) is 0 Å². The van der Waals surface area contributed by atoms with Crippen molar-refractivity contribution in [3.05, 3.63) is 53.6 Å². The molecule has 1 saturated heterocycles. The molecule has 0 atom stereocenters. The molecule has 0 radical (unpaired) electrons. The summed E-state index contributed by atoms with van der Waals surface area (Å²) in [5.74, 6) is -0.547. The van der Waals surface area contributed by atoms with Crippen molar-refractivity contribution in [3.63, 3.8) is 0 Å². The molecule has 0 unspecified atom stereocenters. The van der Waals surface area contributed by atoms with Crippen LogP contribution in [0.5, 0.6) is 0 Å². The summed E-state index contributed by atoms with van der Waals surface area (Å²) in [4.78, 5) is 26.8. The van der Waals surface area contributed by atoms with Gasteiger partial charge in [0.2, 0.25) is 0 Å². The Bertz CT molecular complexity index is 802. The van der Waals surface area contributed by atoms with E-state index in [0.29, 0.717) is 11.4 Å². The number of amides is 2. The Morgan fingerprint density at radius 2 is 1.44 bits per heavy atom. The summed E-state index contributed by atoms with van der Waals surface area (Å²) in [7, 11) is 0. The van der Waals surface area contributed by atoms with Crippen LogP contribution in [-0.4, -0.2) is 24.9 Å². The van der Waals surface area contributed by atoms with Gasteiger partial charge in [-0.3, -0.25) is 9.59 Å². The van der Waals surface area contributed by atoms with Crippen molar-refractivity contribution in [2.24, 2.45) is 5.92 Å². The molecule has 5 heteroatoms. The average molecular weight is 365 g/mol. The molecule has 0 saturated carbocycles. The van der Waals surface area contributed by atoms with E-state index in [9.17, 15) is 9.59 Å². The molecule has 1 aliphatic rings. The topological polar surface area (TPSA) is 61.4 Å². The van der Waals surface area contributed by atoms with Gasteiger partial charge < -0.3 is 15.5 Å². The Labute approximate surface area is 160 Å². The van der Waals surface area contributed by atoms with Crippen LogP contribution < -0.4 is 15.5 Å². The molecule has 0 aliphatic carbocycles. The number of carbonyl (C=O) groups is 2. The first kappa shape index (κ1) is 19.0. The second-order valence-electron chi connectivity index (χ2n) is 7.39. The van der Waals surface area contributed by atoms with Crippen LogP contribution in [0, 0.1) is 19.8 Å². The summed E-state index contributed by atoms with van der Waals surface area (Å²) < 4.78 is 0. The standard InChI is InChI=1S/C22H27N3O2/c1-15-11-13-25(14-12-15)19-9-7-18(8-10-19)23-21(26)22(27)24-20-16(2)5-4-6-17(20)3/h4-10,15H,11-14H2,1-3H3,(H,23,26)(H,24,27). The molecule has 2 aromatic rings. The molecule has 0 aromatic heterocycles. The summed E-state index contributed by atoms with van der Waals surface area (Å²) in [6, 6.07) is 13.4. The maximum atomic E-state index is 12.2. The number of anilines is 3. The summed E-state index contributed by atoms with van der Waals surface area (Å²) in [5.41, 5.74) is 4.31. The van der Waals surface area contributed by atoms with Gasteiger partial charge in [0.05, 0.1) is 0 Å². The van der Waals surface area contributed by atoms with E-state index in [4.69, 9.17) is 0 Å². The lowest BCUT2D eigenvalue weighted by Crippen LogP contribution is -2.32. The van der Waals surface area contributed by atoms with Gasteiger partial charge >= 0.3 is 11.8 Å². The Balaban J connectivity index is 1.59. The summed E-state index contributed by atoms with van der Waals surface area (Å²) in [6.07, 6.45) is 2.41. The molecule has 0 spiro atoms. The zero-order valence-electron chi connectivity index (χ0n) is 16.2. The first-order chi connectivity index (χ1) is 12.9. The number of piperidine rings is 1. The van der Waals surface area contributed by atoms with Gasteiger partial charge in [-0.15, -0.1) is 0 Å². The number of nitrogens with zero attached hydrogens (tertiary/aromatic N) is 1. The fourth-order valence-corrected chi connectivity index (χ4v) is 3.39. The second-order valence-corrected chi connectivity index (χ2v) is 7.39. The molecule has 0 bridgehead atoms. The van der Waals surface area contributed by atoms with Crippen molar-refractivity contribution in [2.45, 2.75) is 33.6 Å². The van der Waals surface area contributed by atoms with Crippen molar-refractivity contribution in [3.8, 4) is 0 Å². The van der Waals surface area contributed by atoms with Gasteiger partial charge in [0.15, 0.2) is 0 Å². The number of hydrogen-bond donors (Lipinski definition) is 2. The van der Waals surface area contributed by atoms with Crippen LogP contribution >= 0.6 is 0 Å². The van der Waals surface area contributed by atoms with Gasteiger partial charge in [-0.25, -0.2) is 0 Å². The zero-order chi connectivity index (χ0) is 19.4. The molecule has 142 valence electrons. The predicted octanol–water partition coefficient (Wildman–Crippen LogP) is 4.12. The van der Waals surface area contributed by atoms with E-state index < -0.39 is 11.8 Å². The molecule has 2 N–H and O–H groups in total. The monoisotopic (exact) mass is 365 g/mol. The highest BCUT2D eigenvalue weighted by Crippen LogP contribution is 2.24. The molecule has 1 aliphatic heterocycles. The molecule has 3 rings (SSSR count). The number of hydrogen-bond acceptors (Lipinski definition) is 3. The lowest BCUT2D eigenvalue weighted by Gasteiger charge is -2.32. The van der Waals surface area contributed by atoms with Crippen molar-refractivity contribution in [2.75, 3.05) is 28.6 Å². The van der Waals surface area contributed by atoms with E-state index in [1.165, 1.54) is 12.8 Å². The third-order valence-corrected chi connectivity index (χ3v) is 5.20. The molecule has 27 heavy (non-hydrogen) atoms. The Morgan fingerprint density at radius 1 is 0.889 bits per heavy atom. The lowest BCUT2D eigenvalue weighted by molar-refractivity contribution is -0.133. The third kappa shape index (κ3) is 4.67. The van der Waals surface area contributed by atoms with E-state index in [2.05, 4.69) is 22.5 Å². The molecule has 2 amide bonds. The van der Waals surface area contributed by atoms with Gasteiger partial charge in [0.25, 0.3) is 0 Å². The van der Waals surface area contributed by atoms with Crippen molar-refractivity contribution < 1.29 is 9.59 Å². The number of rotatable bonds is 3. The fourth-order valence-electron chi connectivity index (χ4n) is 3.39. The van der Waals surface area contributed by atoms with E-state index in [0.717, 1.165) is 35.8 Å². The average Bonchev–Trinajstić information content (AvgIpc) is 2.66. The van der Waals surface area contributed by atoms with Crippen molar-refractivity contribution >= 4 is 28.9 Å². The molecular formula is C22H27N3O2. The van der Waals surface area contributed by atoms with Gasteiger partial charge in [-0.05, 0) is 68.0 Å². The first-order valence-corrected chi connectivity index (χ1v) is 9.47. The number of nitrogens with one attached hydrogen (secondary N) is 2. The van der Waals surface area contributed by atoms with Crippen LogP contribution in [-0.2, 0) is 9.59 Å². The van der Waals surface area contributed by atoms with Crippen molar-refractivity contribution in [1.29, 1.82) is 0 Å². The first-order valence-electron chi connectivity index (χ1n) is 9.47. The maximum Gasteiger partial charge on any atom is 0.314 e. The summed E-state index contributed by atoms with van der Waals surface area (Å²) in [6.45, 7) is 8.22. The van der Waals surface area contributed by atoms with Crippen molar-refractivity contribution in [1.82, 2.24) is 0 Å². The van der Waals surface area contributed by atoms with E-state index in [1.54, 1.807) is 0 Å². The molecule has 5 nitrogen and oxygen atoms in total. The van der Waals surface area contributed by atoms with E-state index in [-0.39, 0.29) is 0 Å². The highest BCUT2D eigenvalue weighted by atomic mass is 16.2. The molecule has 2 aromatic carbocycles. The predicted molar refractivity (Wildman–Crippen MR) is 110 cm³/mol. The van der Waals surface area contributed by atoms with E-state index in [1.807, 2.05) is 56.3 Å². The highest BCUT2D eigenvalue weighted by molar-refractivity contribution is 6.43. The quantitative estimate of drug-likeness (QED) is 0.805. The zero-order valence-corrected chi connectivity index (χ0v) is 16.2. The highest BCUT2D eigenvalue weighted by Gasteiger charge is 2.18. The smallest absolute Gasteiger partial charge is 0.314 e. The number of para-hydroxylation sites is 1. The minimum atomic E-state index is -0.669. The summed E-state index contributed by atoms with van der Waals surface area (Å²) in [5, 5.41) is 5.38. The third-order valence-electron chi connectivity index (χ3n) is 5.20. The minimum Gasteiger partial charge on any atom is -0.372 e. The van der Waals surface area contributed by atoms with Gasteiger partial charge in [-0.1, -0.05) is 25.1 Å². The lowest BCUT2D eigenvalue weighted by atomic mass is 9.99. The van der Waals surface area contributed by atoms with Crippen LogP contribution in [0.15, 0.2) is 42.5 Å². The number of aryl methyl sites for hydroxylation is 2. The number of benzene rings is 2. The van der Waals surface area contributed by atoms with Gasteiger partial charge in [0.1, 0.15) is 0 Å². The fraction of sp³-hybridized carbons (Fsp3) is 0.364. The molecular weight excluding hydrogens is 338 g/mol. The van der Waals surface area contributed by atoms with Crippen LogP contribution in [0.2, 0.25) is 0 Å². The van der Waals surface area contributed by atoms with E-state index >= 15 is 0 Å². The Morgan fingerprint density at radius 3 is 2.04 bits per heavy atom. The Kier molecular flexibility index (Phi) is 5.79. The minimum absolute atomic E-state index is 0.616. The van der Waals surface area contributed by atoms with Gasteiger partial charge in [-0.2, -0.15) is 0 Å². The van der Waals surface area contributed by atoms with Crippen LogP contribution in [0.3, 0.4) is 0 Å². The number of carbonyl (C=O) groups excluding carboxylic acids is 2. The Hall–Kier alpha value is -2.82. The van der Waals surface area contributed by atoms with Crippen LogP contribution in [0.4, 0.5) is 17.1 Å². The normalized spacial score (nSPS) is 14.7. The SMILES string of the molecule is Cc1cccc(C)c1NC(=O)C(=O)Nc1ccc(N2CCC(C)CC2)cc1. The van der Waals surface area contributed by atoms with Crippen LogP contribution in [0.1, 0.15) is 30.9 Å². The van der Waals surface area contributed by atoms with Gasteiger partial charge in [0, 0.05) is 30.2 Å². The maximum absolute atomic E-state index is 12.2. The molecule has 1 fully saturated rings. The summed E-state index contributed by atoms with van der Waals surface area (Å²) >= 11 is 0. The molecule has 1 heterocycles. The second kappa shape index (κ2) is 8.25.